The van der Waals surface area contributed by atoms with E-state index in [0.717, 1.165) is 62.5 Å². The highest BCUT2D eigenvalue weighted by Crippen LogP contribution is 2.76. The fraction of sp³-hybridized carbons (Fsp3) is 0.744. The van der Waals surface area contributed by atoms with Gasteiger partial charge in [-0.3, -0.25) is 24.2 Å². The van der Waals surface area contributed by atoms with E-state index in [1.54, 1.807) is 20.0 Å². The lowest BCUT2D eigenvalue weighted by molar-refractivity contribution is -0.233. The summed E-state index contributed by atoms with van der Waals surface area (Å²) in [6, 6.07) is 3.91. The Bertz CT molecular complexity index is 1610. The second kappa shape index (κ2) is 12.9. The van der Waals surface area contributed by atoms with Gasteiger partial charge in [-0.25, -0.2) is 0 Å². The predicted molar refractivity (Wildman–Crippen MR) is 196 cm³/mol. The Morgan fingerprint density at radius 3 is 2.35 bits per heavy atom. The Morgan fingerprint density at radius 2 is 1.71 bits per heavy atom. The molecule has 2 N–H and O–H groups in total. The van der Waals surface area contributed by atoms with Crippen molar-refractivity contribution in [2.24, 2.45) is 56.2 Å². The molecule has 0 radical (unpaired) electrons. The van der Waals surface area contributed by atoms with Crippen LogP contribution in [0, 0.1) is 56.2 Å². The van der Waals surface area contributed by atoms with Crippen LogP contribution < -0.4 is 5.32 Å². The number of hydrogen-bond donors (Lipinski definition) is 2. The van der Waals surface area contributed by atoms with Crippen molar-refractivity contribution in [3.05, 3.63) is 41.2 Å². The molecule has 1 aromatic heterocycles. The molecule has 0 aliphatic heterocycles. The summed E-state index contributed by atoms with van der Waals surface area (Å²) in [5, 5.41) is 13.0. The normalized spacial score (nSPS) is 37.3. The van der Waals surface area contributed by atoms with Gasteiger partial charge < -0.3 is 15.2 Å². The number of carboxylic acids is 1. The maximum Gasteiger partial charge on any atom is 0.309 e. The first-order valence-corrected chi connectivity index (χ1v) is 19.6. The SMILES string of the molecule is CC(C)C1=C2[C@H]3CC[C@@H]4[C@@]5(C)CC[C@H](OC(=O)CC(C)(C)C(=O)O)C(C)(C)[C@@H]5CC[C@@]4(C)[C@]3(C)CC[C@@]2(C(=O)CNCc2cccnc2)CC1=O. The van der Waals surface area contributed by atoms with Crippen LogP contribution >= 0.6 is 0 Å². The zero-order valence-electron chi connectivity index (χ0n) is 32.6. The van der Waals surface area contributed by atoms with E-state index in [1.165, 1.54) is 5.57 Å². The maximum atomic E-state index is 14.4. The summed E-state index contributed by atoms with van der Waals surface area (Å²) in [7, 11) is 0. The van der Waals surface area contributed by atoms with Crippen molar-refractivity contribution in [3.63, 3.8) is 0 Å². The summed E-state index contributed by atoms with van der Waals surface area (Å²) in [5.41, 5.74) is 1.05. The van der Waals surface area contributed by atoms with Gasteiger partial charge in [0.15, 0.2) is 11.6 Å². The van der Waals surface area contributed by atoms with Crippen molar-refractivity contribution in [1.82, 2.24) is 10.3 Å². The van der Waals surface area contributed by atoms with E-state index in [4.69, 9.17) is 4.74 Å². The fourth-order valence-corrected chi connectivity index (χ4v) is 12.8. The third-order valence-corrected chi connectivity index (χ3v) is 15.7. The Hall–Kier alpha value is -2.87. The molecule has 0 bridgehead atoms. The summed E-state index contributed by atoms with van der Waals surface area (Å²) in [5.74, 6) is 0.0164. The number of hydrogen-bond acceptors (Lipinski definition) is 7. The second-order valence-electron chi connectivity index (χ2n) is 19.4. The average molecular weight is 703 g/mol. The largest absolute Gasteiger partial charge is 0.481 e. The number of carboxylic acid groups (broad SMARTS) is 1. The van der Waals surface area contributed by atoms with E-state index in [-0.39, 0.29) is 64.1 Å². The van der Waals surface area contributed by atoms with Crippen molar-refractivity contribution in [2.45, 2.75) is 139 Å². The van der Waals surface area contributed by atoms with Gasteiger partial charge in [0.1, 0.15) is 6.10 Å². The number of ketones is 2. The van der Waals surface area contributed by atoms with Gasteiger partial charge >= 0.3 is 11.9 Å². The number of fused-ring (bicyclic) bond motifs is 7. The topological polar surface area (TPSA) is 123 Å². The highest BCUT2D eigenvalue weighted by Gasteiger charge is 2.71. The molecule has 8 atom stereocenters. The lowest BCUT2D eigenvalue weighted by atomic mass is 9.33. The minimum absolute atomic E-state index is 0.0285. The summed E-state index contributed by atoms with van der Waals surface area (Å²) >= 11 is 0. The first-order valence-electron chi connectivity index (χ1n) is 19.6. The molecular formula is C43H62N2O6. The van der Waals surface area contributed by atoms with Crippen LogP contribution in [0.5, 0.6) is 0 Å². The molecule has 5 aliphatic rings. The number of ether oxygens (including phenoxy) is 1. The molecule has 0 saturated heterocycles. The number of esters is 1. The number of pyridine rings is 1. The molecule has 1 aromatic rings. The Morgan fingerprint density at radius 1 is 0.980 bits per heavy atom. The molecule has 5 aliphatic carbocycles. The molecule has 1 heterocycles. The highest BCUT2D eigenvalue weighted by atomic mass is 16.5. The first kappa shape index (κ1) is 37.9. The molecule has 8 heteroatoms. The molecule has 51 heavy (non-hydrogen) atoms. The van der Waals surface area contributed by atoms with Crippen LogP contribution in [0.1, 0.15) is 132 Å². The van der Waals surface area contributed by atoms with E-state index in [1.807, 2.05) is 18.3 Å². The number of carbonyl (C=O) groups is 4. The average Bonchev–Trinajstić information content (AvgIpc) is 3.36. The molecule has 0 amide bonds. The second-order valence-corrected chi connectivity index (χ2v) is 19.4. The van der Waals surface area contributed by atoms with Crippen molar-refractivity contribution in [3.8, 4) is 0 Å². The van der Waals surface area contributed by atoms with Gasteiger partial charge in [0.05, 0.1) is 23.8 Å². The van der Waals surface area contributed by atoms with Gasteiger partial charge in [0.25, 0.3) is 0 Å². The molecule has 4 fully saturated rings. The van der Waals surface area contributed by atoms with E-state index < -0.39 is 22.8 Å². The van der Waals surface area contributed by atoms with Crippen molar-refractivity contribution < 1.29 is 29.0 Å². The van der Waals surface area contributed by atoms with Crippen molar-refractivity contribution in [1.29, 1.82) is 0 Å². The molecule has 4 saturated carbocycles. The molecule has 0 aromatic carbocycles. The summed E-state index contributed by atoms with van der Waals surface area (Å²) in [4.78, 5) is 57.4. The Labute approximate surface area is 305 Å². The van der Waals surface area contributed by atoms with E-state index in [2.05, 4.69) is 58.8 Å². The van der Waals surface area contributed by atoms with Crippen LogP contribution in [0.4, 0.5) is 0 Å². The van der Waals surface area contributed by atoms with Gasteiger partial charge in [-0.05, 0) is 128 Å². The van der Waals surface area contributed by atoms with Gasteiger partial charge in [0, 0.05) is 30.8 Å². The molecule has 6 rings (SSSR count). The number of carbonyl (C=O) groups excluding carboxylic acids is 3. The van der Waals surface area contributed by atoms with Gasteiger partial charge in [0.2, 0.25) is 0 Å². The van der Waals surface area contributed by atoms with Crippen LogP contribution in [0.25, 0.3) is 0 Å². The standard InChI is InChI=1S/C43H62N2O6/c1-26(2)35-29(46)21-43(32(47)25-45-24-27-11-10-20-44-23-27)19-18-41(8)28(36(35)43)12-13-31-40(7)16-15-33(51-34(48)22-38(3,4)37(49)50)39(5,6)30(40)14-17-42(31,41)9/h10-11,20,23,26,28,30-31,33,45H,12-19,21-22,24-25H2,1-9H3,(H,49,50)/t28-,30+,31-,33+,40+,41-,42-,43+/m1/s1. The van der Waals surface area contributed by atoms with Crippen LogP contribution in [0.3, 0.4) is 0 Å². The lowest BCUT2D eigenvalue weighted by Crippen LogP contribution is -2.66. The fourth-order valence-electron chi connectivity index (χ4n) is 12.8. The van der Waals surface area contributed by atoms with Gasteiger partial charge in [-0.2, -0.15) is 0 Å². The number of Topliss-reactive ketones (excluding diaryl/α,β-unsaturated/α-hetero) is 2. The maximum absolute atomic E-state index is 14.4. The zero-order valence-corrected chi connectivity index (χ0v) is 32.6. The van der Waals surface area contributed by atoms with Crippen molar-refractivity contribution in [2.75, 3.05) is 6.54 Å². The van der Waals surface area contributed by atoms with Crippen LogP contribution in [-0.2, 0) is 30.5 Å². The van der Waals surface area contributed by atoms with Crippen LogP contribution in [0.2, 0.25) is 0 Å². The monoisotopic (exact) mass is 702 g/mol. The number of aromatic nitrogens is 1. The minimum Gasteiger partial charge on any atom is -0.481 e. The summed E-state index contributed by atoms with van der Waals surface area (Å²) < 4.78 is 6.15. The third-order valence-electron chi connectivity index (χ3n) is 15.7. The number of nitrogens with zero attached hydrogens (tertiary/aromatic N) is 1. The van der Waals surface area contributed by atoms with Crippen molar-refractivity contribution >= 4 is 23.5 Å². The molecule has 0 spiro atoms. The summed E-state index contributed by atoms with van der Waals surface area (Å²) in [6.45, 7) is 20.3. The van der Waals surface area contributed by atoms with E-state index >= 15 is 0 Å². The van der Waals surface area contributed by atoms with Crippen LogP contribution in [-0.4, -0.2) is 46.2 Å². The number of nitrogens with one attached hydrogen (secondary N) is 1. The lowest BCUT2D eigenvalue weighted by Gasteiger charge is -2.72. The summed E-state index contributed by atoms with van der Waals surface area (Å²) in [6.07, 6.45) is 11.0. The van der Waals surface area contributed by atoms with E-state index in [9.17, 15) is 24.3 Å². The number of allylic oxidation sites excluding steroid dienone is 2. The Kier molecular flexibility index (Phi) is 9.59. The van der Waals surface area contributed by atoms with Gasteiger partial charge in [-0.1, -0.05) is 54.5 Å². The molecule has 280 valence electrons. The number of aliphatic carboxylic acids is 1. The minimum atomic E-state index is -1.17. The van der Waals surface area contributed by atoms with Gasteiger partial charge in [-0.15, -0.1) is 0 Å². The molecule has 0 unspecified atom stereocenters. The zero-order chi connectivity index (χ0) is 37.4. The Balaban J connectivity index is 1.27. The van der Waals surface area contributed by atoms with E-state index in [0.29, 0.717) is 24.8 Å². The first-order chi connectivity index (χ1) is 23.7. The predicted octanol–water partition coefficient (Wildman–Crippen LogP) is 8.13. The molecule has 8 nitrogen and oxygen atoms in total. The smallest absolute Gasteiger partial charge is 0.309 e. The molecular weight excluding hydrogens is 640 g/mol. The van der Waals surface area contributed by atoms with Crippen LogP contribution in [0.15, 0.2) is 35.7 Å². The highest BCUT2D eigenvalue weighted by molar-refractivity contribution is 6.07. The third kappa shape index (κ3) is 5.85. The quantitative estimate of drug-likeness (QED) is 0.235. The number of rotatable bonds is 10.